The molecule has 0 saturated heterocycles. The van der Waals surface area contributed by atoms with E-state index >= 15 is 0 Å². The highest BCUT2D eigenvalue weighted by Crippen LogP contribution is 1.93. The van der Waals surface area contributed by atoms with Crippen molar-refractivity contribution in [3.63, 3.8) is 0 Å². The van der Waals surface area contributed by atoms with Crippen LogP contribution in [0.1, 0.15) is 0 Å². The number of hydrogen-bond acceptors (Lipinski definition) is 7. The van der Waals surface area contributed by atoms with Gasteiger partial charge in [-0.3, -0.25) is 33.4 Å². The van der Waals surface area contributed by atoms with Crippen molar-refractivity contribution >= 4 is 31.9 Å². The molecule has 14 nitrogen and oxygen atoms in total. The third-order valence-corrected chi connectivity index (χ3v) is 2.57. The van der Waals surface area contributed by atoms with Crippen LogP contribution in [-0.4, -0.2) is 49.4 Å². The van der Waals surface area contributed by atoms with Gasteiger partial charge in [-0.1, -0.05) is 0 Å². The van der Waals surface area contributed by atoms with Gasteiger partial charge in [-0.05, 0) is 0 Å². The Morgan fingerprint density at radius 1 is 0.857 bits per heavy atom. The van der Waals surface area contributed by atoms with Gasteiger partial charge in [0.15, 0.2) is 5.52 Å². The highest BCUT2D eigenvalue weighted by atomic mass is 32.3. The van der Waals surface area contributed by atoms with Gasteiger partial charge in [0.1, 0.15) is 5.65 Å². The van der Waals surface area contributed by atoms with Gasteiger partial charge in [0.25, 0.3) is 5.56 Å². The molecule has 21 heavy (non-hydrogen) atoms. The molecule has 0 aliphatic heterocycles. The minimum Gasteiger partial charge on any atom is -0.300 e. The first kappa shape index (κ1) is 16.8. The lowest BCUT2D eigenvalue weighted by molar-refractivity contribution is 0.381. The zero-order valence-electron chi connectivity index (χ0n) is 9.46. The first-order valence-electron chi connectivity index (χ1n) is 4.46. The Bertz CT molecular complexity index is 1040. The van der Waals surface area contributed by atoms with Crippen LogP contribution in [0.3, 0.4) is 0 Å². The molecule has 2 heterocycles. The van der Waals surface area contributed by atoms with Gasteiger partial charge in [0, 0.05) is 0 Å². The van der Waals surface area contributed by atoms with Gasteiger partial charge in [-0.25, -0.2) is 9.59 Å². The molecule has 2 rings (SSSR count). The second kappa shape index (κ2) is 5.26. The summed E-state index contributed by atoms with van der Waals surface area (Å²) in [7, 11) is -9.69. The largest absolute Gasteiger partial charge is 0.394 e. The summed E-state index contributed by atoms with van der Waals surface area (Å²) in [6, 6.07) is 0. The number of rotatable bonds is 1. The molecule has 2 aromatic heterocycles. The van der Waals surface area contributed by atoms with Crippen LogP contribution in [0.5, 0.6) is 0 Å². The van der Waals surface area contributed by atoms with Crippen LogP contribution >= 0.6 is 0 Å². The molecule has 118 valence electrons. The Kier molecular flexibility index (Phi) is 4.20. The summed E-state index contributed by atoms with van der Waals surface area (Å²) in [4.78, 5) is 39.3. The van der Waals surface area contributed by atoms with Crippen LogP contribution in [0.2, 0.25) is 0 Å². The van der Waals surface area contributed by atoms with Crippen LogP contribution in [0, 0.1) is 0 Å². The highest BCUT2D eigenvalue weighted by Gasteiger charge is 2.18. The van der Waals surface area contributed by atoms with E-state index in [1.54, 1.807) is 0 Å². The summed E-state index contributed by atoms with van der Waals surface area (Å²) < 4.78 is 61.3. The number of fused-ring (bicyclic) bond motifs is 1. The molecular weight excluding hydrogens is 340 g/mol. The van der Waals surface area contributed by atoms with Gasteiger partial charge < -0.3 is 0 Å². The SMILES string of the molecule is O=S(=O)(O)O.O=c1[nH]c2[nH]c(=O)n(S(=O)(=O)O)c(=O)c2[nH]1. The molecule has 2 aromatic rings. The van der Waals surface area contributed by atoms with Crippen molar-refractivity contribution in [1.82, 2.24) is 18.9 Å². The molecule has 0 radical (unpaired) electrons. The molecular formula is C5H6N4O10S2. The van der Waals surface area contributed by atoms with E-state index in [1.807, 2.05) is 9.97 Å². The zero-order valence-corrected chi connectivity index (χ0v) is 11.1. The molecule has 0 aliphatic rings. The minimum atomic E-state index is -5.02. The minimum absolute atomic E-state index is 0.250. The van der Waals surface area contributed by atoms with Crippen molar-refractivity contribution in [2.75, 3.05) is 0 Å². The van der Waals surface area contributed by atoms with Crippen molar-refractivity contribution in [2.45, 2.75) is 0 Å². The second-order valence-corrected chi connectivity index (χ2v) is 5.41. The van der Waals surface area contributed by atoms with E-state index in [4.69, 9.17) is 22.1 Å². The molecule has 0 fully saturated rings. The van der Waals surface area contributed by atoms with E-state index < -0.39 is 47.1 Å². The predicted octanol–water partition coefficient (Wildman–Crippen LogP) is -3.30. The van der Waals surface area contributed by atoms with Crippen molar-refractivity contribution in [1.29, 1.82) is 0 Å². The van der Waals surface area contributed by atoms with Gasteiger partial charge in [0.05, 0.1) is 0 Å². The third kappa shape index (κ3) is 4.36. The number of nitrogens with zero attached hydrogens (tertiary/aromatic N) is 1. The molecule has 0 saturated carbocycles. The predicted molar refractivity (Wildman–Crippen MR) is 64.9 cm³/mol. The molecule has 0 atom stereocenters. The van der Waals surface area contributed by atoms with Crippen LogP contribution < -0.4 is 16.9 Å². The monoisotopic (exact) mass is 346 g/mol. The van der Waals surface area contributed by atoms with Crippen molar-refractivity contribution in [3.05, 3.63) is 31.3 Å². The Morgan fingerprint density at radius 3 is 1.76 bits per heavy atom. The first-order valence-corrected chi connectivity index (χ1v) is 7.25. The van der Waals surface area contributed by atoms with E-state index in [2.05, 4.69) is 4.98 Å². The van der Waals surface area contributed by atoms with E-state index in [9.17, 15) is 22.8 Å². The topological polar surface area (TPSA) is 232 Å². The maximum absolute atomic E-state index is 11.4. The zero-order chi connectivity index (χ0) is 16.6. The number of nitrogens with one attached hydrogen (secondary N) is 3. The number of aromatic amines is 3. The highest BCUT2D eigenvalue weighted by molar-refractivity contribution is 7.84. The van der Waals surface area contributed by atoms with E-state index in [0.29, 0.717) is 0 Å². The standard InChI is InChI=1S/C5H4N4O6S.H2O4S/c10-3-1-2(7-4(11)6-1)8-5(12)9(3)16(13,14)15;1-5(2,3)4/h(H,8,12)(H2,6,7,11)(H,13,14,15);(H2,1,2,3,4). The number of H-pyrrole nitrogens is 3. The summed E-state index contributed by atoms with van der Waals surface area (Å²) in [5.74, 6) is 0. The van der Waals surface area contributed by atoms with Gasteiger partial charge in [-0.15, -0.1) is 3.97 Å². The lowest BCUT2D eigenvalue weighted by Crippen LogP contribution is -2.39. The molecule has 0 amide bonds. The van der Waals surface area contributed by atoms with Gasteiger partial charge in [-0.2, -0.15) is 16.8 Å². The van der Waals surface area contributed by atoms with Crippen molar-refractivity contribution in [2.24, 2.45) is 0 Å². The Balaban J connectivity index is 0.000000383. The summed E-state index contributed by atoms with van der Waals surface area (Å²) >= 11 is 0. The van der Waals surface area contributed by atoms with Gasteiger partial charge in [0.2, 0.25) is 0 Å². The van der Waals surface area contributed by atoms with Crippen molar-refractivity contribution in [3.8, 4) is 0 Å². The summed E-state index contributed by atoms with van der Waals surface area (Å²) in [6.45, 7) is 0. The maximum Gasteiger partial charge on any atom is 0.394 e. The van der Waals surface area contributed by atoms with E-state index in [0.717, 1.165) is 0 Å². The van der Waals surface area contributed by atoms with Gasteiger partial charge >= 0.3 is 32.1 Å². The lowest BCUT2D eigenvalue weighted by Gasteiger charge is -1.98. The summed E-state index contributed by atoms with van der Waals surface area (Å²) in [6.07, 6.45) is 0. The number of imidazole rings is 1. The smallest absolute Gasteiger partial charge is 0.300 e. The average molecular weight is 346 g/mol. The van der Waals surface area contributed by atoms with Crippen molar-refractivity contribution < 1.29 is 30.5 Å². The third-order valence-electron chi connectivity index (χ3n) is 1.77. The quantitative estimate of drug-likeness (QED) is 0.281. The fourth-order valence-electron chi connectivity index (χ4n) is 1.20. The molecule has 0 aliphatic carbocycles. The molecule has 16 heteroatoms. The maximum atomic E-state index is 11.4. The Morgan fingerprint density at radius 2 is 1.33 bits per heavy atom. The summed E-state index contributed by atoms with van der Waals surface area (Å²) in [5, 5.41) is 0. The van der Waals surface area contributed by atoms with Crippen LogP contribution in [-0.2, 0) is 20.7 Å². The fourth-order valence-corrected chi connectivity index (χ4v) is 1.75. The van der Waals surface area contributed by atoms with E-state index in [-0.39, 0.29) is 5.65 Å². The normalized spacial score (nSPS) is 12.0. The molecule has 0 aromatic carbocycles. The first-order chi connectivity index (χ1) is 9.30. The summed E-state index contributed by atoms with van der Waals surface area (Å²) in [5.41, 5.74) is -4.23. The molecule has 0 bridgehead atoms. The lowest BCUT2D eigenvalue weighted by atomic mass is 10.5. The molecule has 0 unspecified atom stereocenters. The van der Waals surface area contributed by atoms with E-state index in [1.165, 1.54) is 0 Å². The average Bonchev–Trinajstić information content (AvgIpc) is 2.53. The van der Waals surface area contributed by atoms with Crippen LogP contribution in [0.25, 0.3) is 11.2 Å². The molecule has 6 N–H and O–H groups in total. The Hall–Kier alpha value is -2.27. The van der Waals surface area contributed by atoms with Crippen LogP contribution in [0.15, 0.2) is 14.4 Å². The Labute approximate surface area is 113 Å². The molecule has 0 spiro atoms. The number of hydrogen-bond donors (Lipinski definition) is 6. The van der Waals surface area contributed by atoms with Crippen LogP contribution in [0.4, 0.5) is 0 Å². The fraction of sp³-hybridized carbons (Fsp3) is 0. The number of aromatic nitrogens is 4. The second-order valence-electron chi connectivity index (χ2n) is 3.25.